The second kappa shape index (κ2) is 8.42. The maximum atomic E-state index is 12.7. The molecule has 2 N–H and O–H groups in total. The molecule has 3 aromatic rings. The molecule has 154 valence electrons. The number of hydrazone groups is 1. The third kappa shape index (κ3) is 4.87. The average Bonchev–Trinajstić information content (AvgIpc) is 3.16. The van der Waals surface area contributed by atoms with Crippen LogP contribution in [0.4, 0.5) is 13.2 Å². The van der Waals surface area contributed by atoms with Crippen molar-refractivity contribution in [1.82, 2.24) is 5.43 Å². The lowest BCUT2D eigenvalue weighted by atomic mass is 10.1. The second-order valence-corrected chi connectivity index (χ2v) is 6.39. The lowest BCUT2D eigenvalue weighted by Crippen LogP contribution is -2.18. The smallest absolute Gasteiger partial charge is 0.416 e. The Kier molecular flexibility index (Phi) is 5.93. The summed E-state index contributed by atoms with van der Waals surface area (Å²) in [7, 11) is 0. The number of alkyl halides is 3. The van der Waals surface area contributed by atoms with Crippen LogP contribution in [0, 0.1) is 0 Å². The van der Waals surface area contributed by atoms with E-state index in [0.29, 0.717) is 11.3 Å². The number of amides is 1. The van der Waals surface area contributed by atoms with E-state index in [-0.39, 0.29) is 21.9 Å². The first-order chi connectivity index (χ1) is 14.1. The Bertz CT molecular complexity index is 1140. The van der Waals surface area contributed by atoms with E-state index in [0.717, 1.165) is 18.2 Å². The van der Waals surface area contributed by atoms with Crippen LogP contribution < -0.4 is 5.43 Å². The van der Waals surface area contributed by atoms with E-state index in [2.05, 4.69) is 10.5 Å². The average molecular weight is 437 g/mol. The van der Waals surface area contributed by atoms with Gasteiger partial charge in [0.25, 0.3) is 5.91 Å². The Morgan fingerprint density at radius 2 is 1.87 bits per heavy atom. The number of carboxylic acid groups (broad SMARTS) is 1. The van der Waals surface area contributed by atoms with Crippen LogP contribution in [0.1, 0.15) is 32.0 Å². The van der Waals surface area contributed by atoms with E-state index in [1.165, 1.54) is 36.5 Å². The van der Waals surface area contributed by atoms with Crippen molar-refractivity contribution in [2.45, 2.75) is 6.18 Å². The highest BCUT2D eigenvalue weighted by atomic mass is 35.5. The zero-order chi connectivity index (χ0) is 21.9. The maximum absolute atomic E-state index is 12.7. The van der Waals surface area contributed by atoms with E-state index < -0.39 is 23.6 Å². The zero-order valence-corrected chi connectivity index (χ0v) is 15.7. The lowest BCUT2D eigenvalue weighted by Gasteiger charge is -2.07. The zero-order valence-electron chi connectivity index (χ0n) is 14.9. The monoisotopic (exact) mass is 436 g/mol. The van der Waals surface area contributed by atoms with Crippen molar-refractivity contribution in [1.29, 1.82) is 0 Å². The topological polar surface area (TPSA) is 91.9 Å². The Hall–Kier alpha value is -3.59. The highest BCUT2D eigenvalue weighted by molar-refractivity contribution is 6.33. The van der Waals surface area contributed by atoms with Gasteiger partial charge in [-0.3, -0.25) is 4.79 Å². The number of carbonyl (C=O) groups excluding carboxylic acids is 1. The fourth-order valence-corrected chi connectivity index (χ4v) is 2.74. The Balaban J connectivity index is 1.68. The molecule has 6 nitrogen and oxygen atoms in total. The maximum Gasteiger partial charge on any atom is 0.416 e. The summed E-state index contributed by atoms with van der Waals surface area (Å²) >= 11 is 5.93. The SMILES string of the molecule is O=C(N/N=C\c1ccc(-c2ccc(C(=O)O)c(Cl)c2)o1)c1cccc(C(F)(F)F)c1. The summed E-state index contributed by atoms with van der Waals surface area (Å²) < 4.78 is 43.7. The summed E-state index contributed by atoms with van der Waals surface area (Å²) in [6, 6.07) is 11.4. The molecule has 0 fully saturated rings. The van der Waals surface area contributed by atoms with Gasteiger partial charge in [-0.1, -0.05) is 23.7 Å². The van der Waals surface area contributed by atoms with Crippen molar-refractivity contribution in [3.05, 3.63) is 82.1 Å². The van der Waals surface area contributed by atoms with Gasteiger partial charge in [0.15, 0.2) is 0 Å². The number of hydrogen-bond acceptors (Lipinski definition) is 4. The van der Waals surface area contributed by atoms with Crippen LogP contribution in [0.5, 0.6) is 0 Å². The van der Waals surface area contributed by atoms with E-state index in [1.807, 2.05) is 0 Å². The molecule has 1 heterocycles. The van der Waals surface area contributed by atoms with Crippen molar-refractivity contribution >= 4 is 29.7 Å². The molecule has 10 heteroatoms. The van der Waals surface area contributed by atoms with Gasteiger partial charge in [0, 0.05) is 11.1 Å². The summed E-state index contributed by atoms with van der Waals surface area (Å²) in [6.07, 6.45) is -3.39. The van der Waals surface area contributed by atoms with Crippen molar-refractivity contribution in [3.63, 3.8) is 0 Å². The third-order valence-electron chi connectivity index (χ3n) is 3.92. The molecule has 0 aliphatic carbocycles. The van der Waals surface area contributed by atoms with Crippen LogP contribution >= 0.6 is 11.6 Å². The van der Waals surface area contributed by atoms with Gasteiger partial charge in [0.2, 0.25) is 0 Å². The number of halogens is 4. The molecule has 2 aromatic carbocycles. The molecule has 1 amide bonds. The third-order valence-corrected chi connectivity index (χ3v) is 4.23. The molecular weight excluding hydrogens is 425 g/mol. The number of rotatable bonds is 5. The van der Waals surface area contributed by atoms with Crippen LogP contribution in [0.2, 0.25) is 5.02 Å². The summed E-state index contributed by atoms with van der Waals surface area (Å²) in [5.74, 6) is -1.36. The van der Waals surface area contributed by atoms with Gasteiger partial charge in [-0.2, -0.15) is 18.3 Å². The van der Waals surface area contributed by atoms with Gasteiger partial charge in [-0.15, -0.1) is 0 Å². The molecule has 0 atom stereocenters. The highest BCUT2D eigenvalue weighted by Crippen LogP contribution is 2.29. The predicted molar refractivity (Wildman–Crippen MR) is 103 cm³/mol. The first kappa shape index (κ1) is 21.1. The van der Waals surface area contributed by atoms with Gasteiger partial charge < -0.3 is 9.52 Å². The van der Waals surface area contributed by atoms with Crippen molar-refractivity contribution in [3.8, 4) is 11.3 Å². The van der Waals surface area contributed by atoms with Crippen molar-refractivity contribution in [2.75, 3.05) is 0 Å². The number of hydrogen-bond donors (Lipinski definition) is 2. The summed E-state index contributed by atoms with van der Waals surface area (Å²) in [5.41, 5.74) is 1.46. The normalized spacial score (nSPS) is 11.6. The number of nitrogens with zero attached hydrogens (tertiary/aromatic N) is 1. The largest absolute Gasteiger partial charge is 0.478 e. The molecule has 0 saturated carbocycles. The van der Waals surface area contributed by atoms with Crippen LogP contribution in [-0.2, 0) is 6.18 Å². The molecule has 30 heavy (non-hydrogen) atoms. The molecule has 0 radical (unpaired) electrons. The summed E-state index contributed by atoms with van der Waals surface area (Å²) in [6.45, 7) is 0. The van der Waals surface area contributed by atoms with Crippen molar-refractivity contribution < 1.29 is 32.3 Å². The highest BCUT2D eigenvalue weighted by Gasteiger charge is 2.30. The minimum atomic E-state index is -4.56. The minimum Gasteiger partial charge on any atom is -0.478 e. The fraction of sp³-hybridized carbons (Fsp3) is 0.0500. The summed E-state index contributed by atoms with van der Waals surface area (Å²) in [4.78, 5) is 23.0. The van der Waals surface area contributed by atoms with Gasteiger partial charge in [0.05, 0.1) is 22.4 Å². The van der Waals surface area contributed by atoms with Crippen LogP contribution in [0.15, 0.2) is 64.1 Å². The molecule has 0 aliphatic heterocycles. The number of aromatic carboxylic acids is 1. The van der Waals surface area contributed by atoms with Crippen LogP contribution in [-0.4, -0.2) is 23.2 Å². The molecule has 0 bridgehead atoms. The van der Waals surface area contributed by atoms with Gasteiger partial charge in [-0.25, -0.2) is 10.2 Å². The quantitative estimate of drug-likeness (QED) is 0.431. The number of benzene rings is 2. The summed E-state index contributed by atoms with van der Waals surface area (Å²) in [5, 5.41) is 12.7. The first-order valence-corrected chi connectivity index (χ1v) is 8.66. The van der Waals surface area contributed by atoms with E-state index >= 15 is 0 Å². The number of nitrogens with one attached hydrogen (secondary N) is 1. The van der Waals surface area contributed by atoms with Crippen LogP contribution in [0.3, 0.4) is 0 Å². The lowest BCUT2D eigenvalue weighted by molar-refractivity contribution is -0.137. The van der Waals surface area contributed by atoms with E-state index in [9.17, 15) is 22.8 Å². The van der Waals surface area contributed by atoms with Crippen LogP contribution in [0.25, 0.3) is 11.3 Å². The Morgan fingerprint density at radius 1 is 1.10 bits per heavy atom. The van der Waals surface area contributed by atoms with Gasteiger partial charge in [0.1, 0.15) is 11.5 Å². The predicted octanol–water partition coefficient (Wildman–Crippen LogP) is 5.08. The molecule has 0 spiro atoms. The minimum absolute atomic E-state index is 0.0416. The molecular formula is C20H12ClF3N2O4. The fourth-order valence-electron chi connectivity index (χ4n) is 2.48. The number of furan rings is 1. The Morgan fingerprint density at radius 3 is 2.53 bits per heavy atom. The van der Waals surface area contributed by atoms with E-state index in [1.54, 1.807) is 6.07 Å². The second-order valence-electron chi connectivity index (χ2n) is 5.98. The number of carboxylic acids is 1. The van der Waals surface area contributed by atoms with E-state index in [4.69, 9.17) is 21.1 Å². The molecule has 0 aliphatic rings. The molecule has 3 rings (SSSR count). The first-order valence-electron chi connectivity index (χ1n) is 8.29. The standard InChI is InChI=1S/C20H12ClF3N2O4/c21-16-9-11(4-6-15(16)19(28)29)17-7-5-14(30-17)10-25-26-18(27)12-2-1-3-13(8-12)20(22,23)24/h1-10H,(H,26,27)(H,28,29)/b25-10-. The molecule has 0 unspecified atom stereocenters. The van der Waals surface area contributed by atoms with Gasteiger partial charge >= 0.3 is 12.1 Å². The van der Waals surface area contributed by atoms with Gasteiger partial charge in [-0.05, 0) is 42.5 Å². The molecule has 0 saturated heterocycles. The Labute approximate surface area is 172 Å². The number of carbonyl (C=O) groups is 2. The van der Waals surface area contributed by atoms with Crippen molar-refractivity contribution in [2.24, 2.45) is 5.10 Å². The molecule has 1 aromatic heterocycles.